The van der Waals surface area contributed by atoms with Gasteiger partial charge in [0.05, 0.1) is 11.4 Å². The summed E-state index contributed by atoms with van der Waals surface area (Å²) in [6, 6.07) is 58.5. The van der Waals surface area contributed by atoms with E-state index in [2.05, 4.69) is 190 Å². The molecule has 0 aliphatic carbocycles. The van der Waals surface area contributed by atoms with Gasteiger partial charge in [0.1, 0.15) is 11.0 Å². The summed E-state index contributed by atoms with van der Waals surface area (Å²) in [5.74, 6) is 0.420. The number of nitrogens with zero attached hydrogens (tertiary/aromatic N) is 4. The van der Waals surface area contributed by atoms with E-state index in [0.29, 0.717) is 17.1 Å². The summed E-state index contributed by atoms with van der Waals surface area (Å²) in [5.41, 5.74) is 26.8. The average molecular weight is 707 g/mol. The highest BCUT2D eigenvalue weighted by molar-refractivity contribution is 6.13. The smallest absolute Gasteiger partial charge is 0.123 e. The van der Waals surface area contributed by atoms with Gasteiger partial charge in [-0.15, -0.1) is 0 Å². The number of nitrogens with two attached hydrogens (primary N) is 1. The molecule has 8 nitrogen and oxygen atoms in total. The third-order valence-corrected chi connectivity index (χ3v) is 9.42. The van der Waals surface area contributed by atoms with Gasteiger partial charge in [0.25, 0.3) is 0 Å². The number of H-pyrrole nitrogens is 1. The molecule has 0 atom stereocenters. The van der Waals surface area contributed by atoms with Crippen LogP contribution in [0, 0.1) is 5.92 Å². The highest BCUT2D eigenvalue weighted by atomic mass is 15.4. The summed E-state index contributed by atoms with van der Waals surface area (Å²) < 4.78 is 0. The molecule has 0 unspecified atom stereocenters. The summed E-state index contributed by atoms with van der Waals surface area (Å²) in [7, 11) is 0. The largest absolute Gasteiger partial charge is 0.396 e. The molecule has 0 spiro atoms. The van der Waals surface area contributed by atoms with Gasteiger partial charge in [-0.1, -0.05) is 111 Å². The lowest BCUT2D eigenvalue weighted by Gasteiger charge is -2.26. The molecule has 0 saturated heterocycles. The van der Waals surface area contributed by atoms with Crippen molar-refractivity contribution in [3.8, 4) is 22.3 Å². The summed E-state index contributed by atoms with van der Waals surface area (Å²) in [6.07, 6.45) is 0. The van der Waals surface area contributed by atoms with E-state index in [1.165, 1.54) is 0 Å². The summed E-state index contributed by atoms with van der Waals surface area (Å²) in [4.78, 5) is 4.49. The van der Waals surface area contributed by atoms with Crippen LogP contribution in [-0.2, 0) is 0 Å². The van der Waals surface area contributed by atoms with Gasteiger partial charge >= 0.3 is 0 Å². The maximum Gasteiger partial charge on any atom is 0.123 e. The number of aromatic amines is 1. The van der Waals surface area contributed by atoms with Crippen molar-refractivity contribution in [2.45, 2.75) is 13.8 Å². The molecule has 0 radical (unpaired) electrons. The second kappa shape index (κ2) is 15.4. The van der Waals surface area contributed by atoms with Crippen LogP contribution in [0.4, 0.5) is 45.5 Å². The number of benzene rings is 7. The number of rotatable bonds is 12. The average Bonchev–Trinajstić information content (AvgIpc) is 3.70. The van der Waals surface area contributed by atoms with Crippen LogP contribution in [0.15, 0.2) is 170 Å². The second-order valence-corrected chi connectivity index (χ2v) is 13.6. The van der Waals surface area contributed by atoms with Crippen molar-refractivity contribution in [1.82, 2.24) is 20.8 Å². The molecular formula is C46H42N8. The maximum absolute atomic E-state index is 7.20. The van der Waals surface area contributed by atoms with Gasteiger partial charge in [0.15, 0.2) is 0 Å². The second-order valence-electron chi connectivity index (χ2n) is 13.6. The Balaban J connectivity index is 1.22. The lowest BCUT2D eigenvalue weighted by atomic mass is 9.93. The highest BCUT2D eigenvalue weighted by Crippen LogP contribution is 2.46. The lowest BCUT2D eigenvalue weighted by Crippen LogP contribution is -2.27. The molecule has 0 aliphatic heterocycles. The van der Waals surface area contributed by atoms with Gasteiger partial charge in [0.2, 0.25) is 0 Å². The van der Waals surface area contributed by atoms with Crippen LogP contribution in [0.25, 0.3) is 33.3 Å². The molecule has 1 heterocycles. The molecular weight excluding hydrogens is 665 g/mol. The Labute approximate surface area is 315 Å². The lowest BCUT2D eigenvalue weighted by molar-refractivity contribution is 0.591. The van der Waals surface area contributed by atoms with Gasteiger partial charge in [-0.3, -0.25) is 0 Å². The Morgan fingerprint density at radius 1 is 0.500 bits per heavy atom. The van der Waals surface area contributed by atoms with Crippen molar-refractivity contribution in [1.29, 1.82) is 0 Å². The van der Waals surface area contributed by atoms with Crippen LogP contribution in [0.1, 0.15) is 13.8 Å². The molecule has 7 aromatic carbocycles. The molecule has 0 fully saturated rings. The minimum absolute atomic E-state index is 0.420. The Morgan fingerprint density at radius 3 is 1.24 bits per heavy atom. The molecule has 0 bridgehead atoms. The zero-order chi connectivity index (χ0) is 36.9. The zero-order valence-electron chi connectivity index (χ0n) is 30.3. The molecule has 8 rings (SSSR count). The molecule has 0 aliphatic rings. The number of hydrogen-bond donors (Lipinski definition) is 4. The van der Waals surface area contributed by atoms with E-state index in [0.717, 1.165) is 74.1 Å². The summed E-state index contributed by atoms with van der Waals surface area (Å²) >= 11 is 0. The number of nitrogens with one attached hydrogen (secondary N) is 3. The fourth-order valence-corrected chi connectivity index (χ4v) is 6.89. The van der Waals surface area contributed by atoms with Gasteiger partial charge in [-0.05, 0) is 89.8 Å². The van der Waals surface area contributed by atoms with Crippen LogP contribution in [-0.4, -0.2) is 22.0 Å². The molecule has 0 amide bonds. The minimum Gasteiger partial charge on any atom is -0.396 e. The van der Waals surface area contributed by atoms with Crippen molar-refractivity contribution in [2.24, 2.45) is 5.92 Å². The van der Waals surface area contributed by atoms with Gasteiger partial charge in [-0.2, -0.15) is 15.4 Å². The minimum atomic E-state index is 0.420. The predicted octanol–water partition coefficient (Wildman–Crippen LogP) is 11.4. The summed E-state index contributed by atoms with van der Waals surface area (Å²) in [6.45, 7) is 5.09. The number of hydrogen-bond acceptors (Lipinski definition) is 7. The van der Waals surface area contributed by atoms with Crippen molar-refractivity contribution < 1.29 is 0 Å². The molecule has 0 saturated carbocycles. The van der Waals surface area contributed by atoms with Crippen LogP contribution in [0.5, 0.6) is 0 Å². The third kappa shape index (κ3) is 6.86. The van der Waals surface area contributed by atoms with Crippen LogP contribution in [0.3, 0.4) is 0 Å². The molecule has 54 heavy (non-hydrogen) atoms. The standard InChI is InChI=1S/C46H42N8/c1-32(2)31-48-49-44-42(34-25-29-40(30-26-34)54(37-19-11-5-12-20-37)38-21-13-6-14-22-38)46-45(50-52-51-46)41(43(44)47)33-23-27-39(28-24-33)53(35-15-7-3-8-16-35)36-17-9-4-10-18-36/h3-30,32,48-49H,31,47H2,1-2H3,(H,50,51,52). The van der Waals surface area contributed by atoms with E-state index in [-0.39, 0.29) is 0 Å². The van der Waals surface area contributed by atoms with Crippen LogP contribution in [0.2, 0.25) is 0 Å². The molecule has 8 aromatic rings. The zero-order valence-corrected chi connectivity index (χ0v) is 30.3. The number of fused-ring (bicyclic) bond motifs is 1. The van der Waals surface area contributed by atoms with E-state index in [1.807, 2.05) is 24.3 Å². The molecule has 5 N–H and O–H groups in total. The molecule has 8 heteroatoms. The number of hydrazine groups is 1. The van der Waals surface area contributed by atoms with Crippen molar-refractivity contribution in [3.63, 3.8) is 0 Å². The van der Waals surface area contributed by atoms with E-state index >= 15 is 0 Å². The highest BCUT2D eigenvalue weighted by Gasteiger charge is 2.24. The van der Waals surface area contributed by atoms with E-state index in [1.54, 1.807) is 0 Å². The number of nitrogen functional groups attached to an aromatic ring is 1. The van der Waals surface area contributed by atoms with Gasteiger partial charge < -0.3 is 21.0 Å². The Hall–Kier alpha value is -6.90. The van der Waals surface area contributed by atoms with E-state index in [4.69, 9.17) is 10.8 Å². The first kappa shape index (κ1) is 34.2. The van der Waals surface area contributed by atoms with Crippen molar-refractivity contribution in [2.75, 3.05) is 27.5 Å². The van der Waals surface area contributed by atoms with Crippen molar-refractivity contribution in [3.05, 3.63) is 170 Å². The maximum atomic E-state index is 7.20. The van der Waals surface area contributed by atoms with Crippen LogP contribution >= 0.6 is 0 Å². The van der Waals surface area contributed by atoms with E-state index < -0.39 is 0 Å². The normalized spacial score (nSPS) is 11.2. The first-order valence-electron chi connectivity index (χ1n) is 18.2. The van der Waals surface area contributed by atoms with Gasteiger partial charge in [-0.25, -0.2) is 5.43 Å². The van der Waals surface area contributed by atoms with E-state index in [9.17, 15) is 0 Å². The topological polar surface area (TPSA) is 98.1 Å². The SMILES string of the molecule is CC(C)CNNc1c(N)c(-c2ccc(N(c3ccccc3)c3ccccc3)cc2)c2n[nH]nc2c1-c1ccc(N(c2ccccc2)c2ccccc2)cc1. The monoisotopic (exact) mass is 706 g/mol. The number of aromatic nitrogens is 3. The summed E-state index contributed by atoms with van der Waals surface area (Å²) in [5, 5.41) is 12.3. The predicted molar refractivity (Wildman–Crippen MR) is 225 cm³/mol. The molecule has 1 aromatic heterocycles. The van der Waals surface area contributed by atoms with Crippen LogP contribution < -0.4 is 26.4 Å². The van der Waals surface area contributed by atoms with Gasteiger partial charge in [0, 0.05) is 51.8 Å². The fourth-order valence-electron chi connectivity index (χ4n) is 6.89. The first-order chi connectivity index (χ1) is 26.6. The quantitative estimate of drug-likeness (QED) is 0.0741. The Bertz CT molecular complexity index is 2350. The molecule has 266 valence electrons. The van der Waals surface area contributed by atoms with Crippen molar-refractivity contribution >= 4 is 56.5 Å². The third-order valence-electron chi connectivity index (χ3n) is 9.42. The number of para-hydroxylation sites is 4. The Morgan fingerprint density at radius 2 is 0.852 bits per heavy atom. The fraction of sp³-hybridized carbons (Fsp3) is 0.0870. The Kier molecular flexibility index (Phi) is 9.74. The number of anilines is 8. The first-order valence-corrected chi connectivity index (χ1v) is 18.2.